The molecule has 0 unspecified atom stereocenters. The molecule has 1 fully saturated rings. The summed E-state index contributed by atoms with van der Waals surface area (Å²) in [5.41, 5.74) is 0.737. The summed E-state index contributed by atoms with van der Waals surface area (Å²) >= 11 is 12.1. The number of benzene rings is 1. The monoisotopic (exact) mass is 378 g/mol. The van der Waals surface area contributed by atoms with Crippen LogP contribution in [0, 0.1) is 0 Å². The van der Waals surface area contributed by atoms with Crippen LogP contribution in [0.15, 0.2) is 29.0 Å². The van der Waals surface area contributed by atoms with Gasteiger partial charge >= 0.3 is 6.01 Å². The third-order valence-electron chi connectivity index (χ3n) is 4.41. The molecule has 0 bridgehead atoms. The highest BCUT2D eigenvalue weighted by Crippen LogP contribution is 2.30. The molecule has 2 aromatic heterocycles. The van der Waals surface area contributed by atoms with Crippen LogP contribution >= 0.6 is 23.2 Å². The molecule has 1 saturated heterocycles. The lowest BCUT2D eigenvalue weighted by Crippen LogP contribution is -2.33. The molecular formula is C16H16Cl2N6O. The van der Waals surface area contributed by atoms with Crippen molar-refractivity contribution in [3.8, 4) is 11.4 Å². The summed E-state index contributed by atoms with van der Waals surface area (Å²) in [6, 6.07) is 5.72. The van der Waals surface area contributed by atoms with Gasteiger partial charge in [-0.15, -0.1) is 10.2 Å². The lowest BCUT2D eigenvalue weighted by molar-refractivity contribution is 0.389. The van der Waals surface area contributed by atoms with E-state index < -0.39 is 0 Å². The molecule has 0 aliphatic carbocycles. The minimum atomic E-state index is 0.401. The first-order valence-corrected chi connectivity index (χ1v) is 8.75. The Bertz CT molecular complexity index is 864. The van der Waals surface area contributed by atoms with Crippen LogP contribution in [0.1, 0.15) is 24.6 Å². The maximum Gasteiger partial charge on any atom is 0.324 e. The molecule has 7 nitrogen and oxygen atoms in total. The van der Waals surface area contributed by atoms with Gasteiger partial charge in [-0.1, -0.05) is 28.4 Å². The van der Waals surface area contributed by atoms with Gasteiger partial charge in [0, 0.05) is 41.7 Å². The normalized spacial score (nSPS) is 15.7. The van der Waals surface area contributed by atoms with E-state index in [4.69, 9.17) is 27.7 Å². The molecule has 0 atom stereocenters. The zero-order valence-corrected chi connectivity index (χ0v) is 15.1. The van der Waals surface area contributed by atoms with Gasteiger partial charge in [0.05, 0.1) is 0 Å². The van der Waals surface area contributed by atoms with Crippen LogP contribution < -0.4 is 4.90 Å². The Morgan fingerprint density at radius 2 is 1.84 bits per heavy atom. The highest BCUT2D eigenvalue weighted by Gasteiger charge is 2.26. The van der Waals surface area contributed by atoms with E-state index in [0.717, 1.165) is 37.3 Å². The van der Waals surface area contributed by atoms with Crippen molar-refractivity contribution in [2.45, 2.75) is 18.8 Å². The van der Waals surface area contributed by atoms with Crippen LogP contribution in [0.5, 0.6) is 0 Å². The van der Waals surface area contributed by atoms with E-state index in [1.807, 2.05) is 11.6 Å². The predicted octanol–water partition coefficient (Wildman–Crippen LogP) is 3.56. The van der Waals surface area contributed by atoms with Gasteiger partial charge < -0.3 is 14.0 Å². The summed E-state index contributed by atoms with van der Waals surface area (Å²) in [7, 11) is 1.97. The molecule has 3 aromatic rings. The molecule has 1 aliphatic heterocycles. The van der Waals surface area contributed by atoms with Crippen LogP contribution in [-0.4, -0.2) is 38.0 Å². The molecule has 9 heteroatoms. The Kier molecular flexibility index (Phi) is 4.35. The van der Waals surface area contributed by atoms with Crippen molar-refractivity contribution in [3.05, 3.63) is 40.4 Å². The van der Waals surface area contributed by atoms with Gasteiger partial charge in [-0.3, -0.25) is 0 Å². The van der Waals surface area contributed by atoms with Crippen LogP contribution in [0.2, 0.25) is 10.0 Å². The van der Waals surface area contributed by atoms with E-state index >= 15 is 0 Å². The van der Waals surface area contributed by atoms with Crippen molar-refractivity contribution in [1.82, 2.24) is 24.9 Å². The second-order valence-corrected chi connectivity index (χ2v) is 6.99. The van der Waals surface area contributed by atoms with Crippen molar-refractivity contribution in [1.29, 1.82) is 0 Å². The molecule has 130 valence electrons. The van der Waals surface area contributed by atoms with Crippen molar-refractivity contribution in [3.63, 3.8) is 0 Å². The van der Waals surface area contributed by atoms with Crippen molar-refractivity contribution >= 4 is 29.2 Å². The molecule has 4 rings (SSSR count). The molecule has 0 saturated carbocycles. The summed E-state index contributed by atoms with van der Waals surface area (Å²) < 4.78 is 7.41. The predicted molar refractivity (Wildman–Crippen MR) is 94.9 cm³/mol. The maximum atomic E-state index is 6.04. The number of hydrogen-bond acceptors (Lipinski definition) is 6. The largest absolute Gasteiger partial charge is 0.324 e. The van der Waals surface area contributed by atoms with Crippen LogP contribution in [0.4, 0.5) is 6.01 Å². The Labute approximate surface area is 154 Å². The average molecular weight is 379 g/mol. The summed E-state index contributed by atoms with van der Waals surface area (Å²) in [4.78, 5) is 6.58. The maximum absolute atomic E-state index is 6.04. The average Bonchev–Trinajstić information content (AvgIpc) is 3.23. The first-order chi connectivity index (χ1) is 12.1. The van der Waals surface area contributed by atoms with Gasteiger partial charge in [0.1, 0.15) is 12.2 Å². The van der Waals surface area contributed by atoms with Gasteiger partial charge in [-0.05, 0) is 31.0 Å². The first kappa shape index (κ1) is 16.4. The molecule has 0 N–H and O–H groups in total. The van der Waals surface area contributed by atoms with Crippen LogP contribution in [0.25, 0.3) is 11.4 Å². The van der Waals surface area contributed by atoms with E-state index in [1.54, 1.807) is 24.5 Å². The number of rotatable bonds is 3. The summed E-state index contributed by atoms with van der Waals surface area (Å²) in [6.45, 7) is 1.66. The van der Waals surface area contributed by atoms with Crippen molar-refractivity contribution in [2.75, 3.05) is 18.0 Å². The van der Waals surface area contributed by atoms with E-state index in [2.05, 4.69) is 25.2 Å². The van der Waals surface area contributed by atoms with E-state index in [0.29, 0.717) is 27.8 Å². The Morgan fingerprint density at radius 1 is 1.12 bits per heavy atom. The quantitative estimate of drug-likeness (QED) is 0.693. The minimum absolute atomic E-state index is 0.401. The fourth-order valence-electron chi connectivity index (χ4n) is 3.13. The molecule has 3 heterocycles. The lowest BCUT2D eigenvalue weighted by atomic mass is 9.96. The summed E-state index contributed by atoms with van der Waals surface area (Å²) in [5, 5.41) is 13.3. The van der Waals surface area contributed by atoms with Gasteiger partial charge in [0.15, 0.2) is 0 Å². The number of piperidine rings is 1. The van der Waals surface area contributed by atoms with E-state index in [1.165, 1.54) is 0 Å². The molecule has 0 amide bonds. The number of hydrogen-bond donors (Lipinski definition) is 0. The van der Waals surface area contributed by atoms with Crippen LogP contribution in [0.3, 0.4) is 0 Å². The fourth-order valence-corrected chi connectivity index (χ4v) is 3.66. The second-order valence-electron chi connectivity index (χ2n) is 6.12. The third kappa shape index (κ3) is 3.34. The Balaban J connectivity index is 1.47. The number of halogens is 2. The number of anilines is 1. The molecule has 1 aromatic carbocycles. The van der Waals surface area contributed by atoms with Gasteiger partial charge in [-0.2, -0.15) is 4.98 Å². The van der Waals surface area contributed by atoms with E-state index in [9.17, 15) is 0 Å². The zero-order chi connectivity index (χ0) is 17.4. The highest BCUT2D eigenvalue weighted by atomic mass is 35.5. The zero-order valence-electron chi connectivity index (χ0n) is 13.6. The van der Waals surface area contributed by atoms with E-state index in [-0.39, 0.29) is 0 Å². The molecule has 0 radical (unpaired) electrons. The molecular weight excluding hydrogens is 363 g/mol. The number of aromatic nitrogens is 5. The minimum Gasteiger partial charge on any atom is -0.324 e. The van der Waals surface area contributed by atoms with Gasteiger partial charge in [-0.25, -0.2) is 0 Å². The summed E-state index contributed by atoms with van der Waals surface area (Å²) in [5.74, 6) is 1.91. The van der Waals surface area contributed by atoms with Gasteiger partial charge in [0.25, 0.3) is 0 Å². The first-order valence-electron chi connectivity index (χ1n) is 7.99. The topological polar surface area (TPSA) is 72.9 Å². The molecule has 0 spiro atoms. The second kappa shape index (κ2) is 6.65. The number of nitrogens with zero attached hydrogens (tertiary/aromatic N) is 6. The smallest absolute Gasteiger partial charge is 0.324 e. The third-order valence-corrected chi connectivity index (χ3v) is 4.85. The molecule has 25 heavy (non-hydrogen) atoms. The highest BCUT2D eigenvalue weighted by molar-refractivity contribution is 6.35. The number of aryl methyl sites for hydroxylation is 1. The lowest BCUT2D eigenvalue weighted by Gasteiger charge is -2.29. The Hall–Kier alpha value is -2.12. The van der Waals surface area contributed by atoms with Gasteiger partial charge in [0.2, 0.25) is 5.82 Å². The molecule has 1 aliphatic rings. The van der Waals surface area contributed by atoms with Crippen molar-refractivity contribution < 1.29 is 4.52 Å². The van der Waals surface area contributed by atoms with Crippen molar-refractivity contribution in [2.24, 2.45) is 7.05 Å². The standard InChI is InChI=1S/C16H16Cl2N6O/c1-23-9-19-21-15(23)10-2-4-24(5-3-10)16-20-14(22-25-16)11-6-12(17)8-13(18)7-11/h6-10H,2-5H2,1H3. The fraction of sp³-hybridized carbons (Fsp3) is 0.375. The van der Waals surface area contributed by atoms with Crippen LogP contribution in [-0.2, 0) is 7.05 Å². The summed E-state index contributed by atoms with van der Waals surface area (Å²) in [6.07, 6.45) is 3.67. The Morgan fingerprint density at radius 3 is 2.48 bits per heavy atom. The SMILES string of the molecule is Cn1cnnc1C1CCN(c2nc(-c3cc(Cl)cc(Cl)c3)no2)CC1.